The summed E-state index contributed by atoms with van der Waals surface area (Å²) < 4.78 is 11.0. The molecule has 1 aromatic carbocycles. The molecule has 4 heteroatoms. The predicted octanol–water partition coefficient (Wildman–Crippen LogP) is 5.00. The number of carbonyl (C=O) groups is 2. The zero-order chi connectivity index (χ0) is 20.6. The maximum Gasteiger partial charge on any atom is 0.309 e. The van der Waals surface area contributed by atoms with Gasteiger partial charge in [0.2, 0.25) is 0 Å². The minimum atomic E-state index is -0.414. The summed E-state index contributed by atoms with van der Waals surface area (Å²) in [5, 5.41) is 0. The first kappa shape index (κ1) is 22.9. The van der Waals surface area contributed by atoms with Crippen LogP contribution in [0.3, 0.4) is 0 Å². The summed E-state index contributed by atoms with van der Waals surface area (Å²) in [6, 6.07) is 7.84. The second-order valence-corrected chi connectivity index (χ2v) is 8.40. The second kappa shape index (κ2) is 10.3. The Morgan fingerprint density at radius 1 is 1.11 bits per heavy atom. The van der Waals surface area contributed by atoms with Gasteiger partial charge in [-0.1, -0.05) is 45.6 Å². The van der Waals surface area contributed by atoms with Gasteiger partial charge in [-0.2, -0.15) is 0 Å². The lowest BCUT2D eigenvalue weighted by Crippen LogP contribution is -2.28. The zero-order valence-corrected chi connectivity index (χ0v) is 17.6. The van der Waals surface area contributed by atoms with Gasteiger partial charge in [0.25, 0.3) is 0 Å². The summed E-state index contributed by atoms with van der Waals surface area (Å²) in [7, 11) is 0. The van der Waals surface area contributed by atoms with Gasteiger partial charge < -0.3 is 9.47 Å². The molecule has 0 N–H and O–H groups in total. The van der Waals surface area contributed by atoms with Crippen LogP contribution in [0.2, 0.25) is 0 Å². The molecule has 0 aliphatic heterocycles. The molecule has 0 radical (unpaired) electrons. The molecule has 0 bridgehead atoms. The van der Waals surface area contributed by atoms with E-state index in [1.54, 1.807) is 0 Å². The van der Waals surface area contributed by atoms with Crippen molar-refractivity contribution in [1.82, 2.24) is 0 Å². The lowest BCUT2D eigenvalue weighted by atomic mass is 9.85. The van der Waals surface area contributed by atoms with Crippen molar-refractivity contribution in [2.75, 3.05) is 6.61 Å². The molecule has 1 aromatic rings. The normalized spacial score (nSPS) is 13.7. The maximum absolute atomic E-state index is 12.6. The van der Waals surface area contributed by atoms with Gasteiger partial charge in [0, 0.05) is 12.3 Å². The summed E-state index contributed by atoms with van der Waals surface area (Å²) in [4.78, 5) is 24.8. The van der Waals surface area contributed by atoms with Crippen LogP contribution in [0.5, 0.6) is 5.75 Å². The number of ketones is 1. The van der Waals surface area contributed by atoms with E-state index in [1.165, 1.54) is 6.08 Å². The summed E-state index contributed by atoms with van der Waals surface area (Å²) in [5.41, 5.74) is 0.837. The molecule has 150 valence electrons. The third-order valence-electron chi connectivity index (χ3n) is 4.31. The number of Topliss-reactive ketones (excluding diaryl/α,β-unsaturated/α-hetero) is 1. The van der Waals surface area contributed by atoms with E-state index in [0.29, 0.717) is 6.42 Å². The Morgan fingerprint density at radius 2 is 1.70 bits per heavy atom. The Kier molecular flexibility index (Phi) is 8.74. The van der Waals surface area contributed by atoms with E-state index in [9.17, 15) is 9.59 Å². The number of carbonyl (C=O) groups excluding carboxylic acids is 2. The van der Waals surface area contributed by atoms with Crippen LogP contribution in [0.4, 0.5) is 0 Å². The number of benzene rings is 1. The fourth-order valence-electron chi connectivity index (χ4n) is 2.77. The lowest BCUT2D eigenvalue weighted by Gasteiger charge is -2.22. The zero-order valence-electron chi connectivity index (χ0n) is 17.6. The van der Waals surface area contributed by atoms with Gasteiger partial charge in [-0.15, -0.1) is 0 Å². The monoisotopic (exact) mass is 374 g/mol. The van der Waals surface area contributed by atoms with Crippen molar-refractivity contribution in [3.63, 3.8) is 0 Å². The quantitative estimate of drug-likeness (QED) is 0.427. The highest BCUT2D eigenvalue weighted by Gasteiger charge is 2.28. The average Bonchev–Trinajstić information content (AvgIpc) is 2.57. The fraction of sp³-hybridized carbons (Fsp3) is 0.565. The third-order valence-corrected chi connectivity index (χ3v) is 4.31. The molecule has 0 saturated heterocycles. The molecule has 27 heavy (non-hydrogen) atoms. The number of rotatable bonds is 10. The molecule has 0 fully saturated rings. The first-order valence-electron chi connectivity index (χ1n) is 9.61. The van der Waals surface area contributed by atoms with Crippen LogP contribution in [-0.4, -0.2) is 24.0 Å². The summed E-state index contributed by atoms with van der Waals surface area (Å²) in [6.07, 6.45) is 2.38. The van der Waals surface area contributed by atoms with Gasteiger partial charge >= 0.3 is 5.97 Å². The van der Waals surface area contributed by atoms with Crippen LogP contribution in [-0.2, 0) is 20.7 Å². The molecule has 4 nitrogen and oxygen atoms in total. The predicted molar refractivity (Wildman–Crippen MR) is 109 cm³/mol. The van der Waals surface area contributed by atoms with Crippen LogP contribution in [0.25, 0.3) is 0 Å². The largest absolute Gasteiger partial charge is 0.488 e. The molecule has 1 rings (SSSR count). The first-order chi connectivity index (χ1) is 12.5. The Balaban J connectivity index is 2.67. The van der Waals surface area contributed by atoms with Crippen molar-refractivity contribution in [2.24, 2.45) is 17.8 Å². The Morgan fingerprint density at radius 3 is 2.19 bits per heavy atom. The number of ether oxygens (including phenoxy) is 2. The molecule has 0 aromatic heterocycles. The van der Waals surface area contributed by atoms with E-state index in [1.807, 2.05) is 65.8 Å². The molecule has 0 amide bonds. The number of hydrogen-bond donors (Lipinski definition) is 0. The Hall–Kier alpha value is -2.10. The SMILES string of the molecule is C=CCOC(=O)[C@@H](CC(=O)[C@@H](C)Cc1ccc(OC(C)(C)C)cc1)C(C)C. The second-order valence-electron chi connectivity index (χ2n) is 8.40. The molecule has 0 unspecified atom stereocenters. The van der Waals surface area contributed by atoms with Gasteiger partial charge in [-0.25, -0.2) is 0 Å². The van der Waals surface area contributed by atoms with Crippen LogP contribution >= 0.6 is 0 Å². The van der Waals surface area contributed by atoms with Gasteiger partial charge in [0.05, 0.1) is 5.92 Å². The van der Waals surface area contributed by atoms with Crippen molar-refractivity contribution >= 4 is 11.8 Å². The van der Waals surface area contributed by atoms with E-state index in [2.05, 4.69) is 6.58 Å². The smallest absolute Gasteiger partial charge is 0.309 e. The van der Waals surface area contributed by atoms with Crippen LogP contribution in [0, 0.1) is 17.8 Å². The molecule has 0 heterocycles. The summed E-state index contributed by atoms with van der Waals surface area (Å²) in [5.74, 6) is 0.0473. The van der Waals surface area contributed by atoms with Crippen molar-refractivity contribution in [2.45, 2.75) is 60.0 Å². The molecule has 0 spiro atoms. The van der Waals surface area contributed by atoms with Crippen LogP contribution in [0.1, 0.15) is 53.5 Å². The van der Waals surface area contributed by atoms with Crippen molar-refractivity contribution in [3.05, 3.63) is 42.5 Å². The van der Waals surface area contributed by atoms with E-state index in [0.717, 1.165) is 11.3 Å². The van der Waals surface area contributed by atoms with Gasteiger partial charge in [-0.3, -0.25) is 9.59 Å². The average molecular weight is 375 g/mol. The van der Waals surface area contributed by atoms with E-state index >= 15 is 0 Å². The van der Waals surface area contributed by atoms with Crippen molar-refractivity contribution in [1.29, 1.82) is 0 Å². The molecule has 0 saturated carbocycles. The highest BCUT2D eigenvalue weighted by molar-refractivity contribution is 5.86. The first-order valence-corrected chi connectivity index (χ1v) is 9.61. The lowest BCUT2D eigenvalue weighted by molar-refractivity contribution is -0.150. The Labute approximate surface area is 163 Å². The van der Waals surface area contributed by atoms with E-state index in [-0.39, 0.29) is 42.2 Å². The number of hydrogen-bond acceptors (Lipinski definition) is 4. The minimum Gasteiger partial charge on any atom is -0.488 e. The highest BCUT2D eigenvalue weighted by Crippen LogP contribution is 2.23. The Bertz CT molecular complexity index is 623. The van der Waals surface area contributed by atoms with Crippen LogP contribution < -0.4 is 4.74 Å². The van der Waals surface area contributed by atoms with E-state index < -0.39 is 5.92 Å². The minimum absolute atomic E-state index is 0.0484. The maximum atomic E-state index is 12.6. The third kappa shape index (κ3) is 8.42. The van der Waals surface area contributed by atoms with E-state index in [4.69, 9.17) is 9.47 Å². The molecular formula is C23H34O4. The molecule has 0 aliphatic carbocycles. The van der Waals surface area contributed by atoms with Gasteiger partial charge in [-0.05, 0) is 50.8 Å². The van der Waals surface area contributed by atoms with Gasteiger partial charge in [0.15, 0.2) is 0 Å². The summed E-state index contributed by atoms with van der Waals surface area (Å²) >= 11 is 0. The van der Waals surface area contributed by atoms with Crippen molar-refractivity contribution in [3.8, 4) is 5.75 Å². The van der Waals surface area contributed by atoms with Crippen LogP contribution in [0.15, 0.2) is 36.9 Å². The molecule has 2 atom stereocenters. The van der Waals surface area contributed by atoms with Crippen molar-refractivity contribution < 1.29 is 19.1 Å². The molecule has 0 aliphatic rings. The summed E-state index contributed by atoms with van der Waals surface area (Å²) in [6.45, 7) is 15.5. The molecular weight excluding hydrogens is 340 g/mol. The number of esters is 1. The highest BCUT2D eigenvalue weighted by atomic mass is 16.5. The fourth-order valence-corrected chi connectivity index (χ4v) is 2.77. The van der Waals surface area contributed by atoms with Gasteiger partial charge in [0.1, 0.15) is 23.7 Å². The standard InChI is InChI=1S/C23H34O4/c1-8-13-26-22(25)20(16(2)3)15-21(24)17(4)14-18-9-11-19(12-10-18)27-23(5,6)7/h8-12,16-17,20H,1,13-15H2,2-7H3/t17-,20-/m0/s1. The topological polar surface area (TPSA) is 52.6 Å².